The second kappa shape index (κ2) is 5.54. The third-order valence-corrected chi connectivity index (χ3v) is 2.33. The number of aliphatic hydroxyl groups is 1. The van der Waals surface area contributed by atoms with Gasteiger partial charge in [0.1, 0.15) is 11.6 Å². The Kier molecular flexibility index (Phi) is 3.82. The van der Waals surface area contributed by atoms with Crippen molar-refractivity contribution in [1.29, 1.82) is 5.26 Å². The van der Waals surface area contributed by atoms with E-state index in [9.17, 15) is 13.9 Å². The van der Waals surface area contributed by atoms with Gasteiger partial charge in [-0.25, -0.2) is 8.78 Å². The van der Waals surface area contributed by atoms with Gasteiger partial charge in [0.25, 0.3) is 0 Å². The molecule has 1 heterocycles. The summed E-state index contributed by atoms with van der Waals surface area (Å²) < 4.78 is 30.9. The van der Waals surface area contributed by atoms with Crippen molar-refractivity contribution in [2.45, 2.75) is 18.9 Å². The molecular formula is C12H9F2N3O2. The predicted molar refractivity (Wildman–Crippen MR) is 59.6 cm³/mol. The maximum atomic E-state index is 13.0. The summed E-state index contributed by atoms with van der Waals surface area (Å²) >= 11 is 0. The average Bonchev–Trinajstić information content (AvgIpc) is 2.76. The van der Waals surface area contributed by atoms with E-state index in [1.807, 2.05) is 0 Å². The molecule has 0 aliphatic carbocycles. The molecule has 1 unspecified atom stereocenters. The molecule has 0 spiro atoms. The number of aromatic nitrogens is 2. The van der Waals surface area contributed by atoms with E-state index in [2.05, 4.69) is 10.1 Å². The molecular weight excluding hydrogens is 256 g/mol. The summed E-state index contributed by atoms with van der Waals surface area (Å²) in [5, 5.41) is 21.4. The van der Waals surface area contributed by atoms with Gasteiger partial charge in [-0.15, -0.1) is 0 Å². The van der Waals surface area contributed by atoms with Gasteiger partial charge in [0, 0.05) is 11.6 Å². The van der Waals surface area contributed by atoms with Crippen LogP contribution in [0.25, 0.3) is 11.4 Å². The molecule has 0 saturated heterocycles. The van der Waals surface area contributed by atoms with E-state index in [4.69, 9.17) is 9.78 Å². The Bertz CT molecular complexity index is 601. The Balaban J connectivity index is 2.19. The zero-order chi connectivity index (χ0) is 13.8. The van der Waals surface area contributed by atoms with Gasteiger partial charge in [-0.05, 0) is 12.1 Å². The highest BCUT2D eigenvalue weighted by Gasteiger charge is 2.14. The fraction of sp³-hybridized carbons (Fsp3) is 0.250. The lowest BCUT2D eigenvalue weighted by Gasteiger charge is -1.99. The predicted octanol–water partition coefficient (Wildman–Crippen LogP) is 1.83. The van der Waals surface area contributed by atoms with Crippen LogP contribution in [0.5, 0.6) is 0 Å². The lowest BCUT2D eigenvalue weighted by molar-refractivity contribution is 0.167. The molecule has 0 saturated carbocycles. The first-order chi connectivity index (χ1) is 9.08. The fourth-order valence-corrected chi connectivity index (χ4v) is 1.52. The zero-order valence-electron chi connectivity index (χ0n) is 9.68. The number of hydrogen-bond donors (Lipinski definition) is 1. The summed E-state index contributed by atoms with van der Waals surface area (Å²) in [4.78, 5) is 3.90. The summed E-state index contributed by atoms with van der Waals surface area (Å²) in [6, 6.07) is 4.69. The van der Waals surface area contributed by atoms with Gasteiger partial charge in [-0.3, -0.25) is 0 Å². The molecule has 98 valence electrons. The molecule has 1 atom stereocenters. The quantitative estimate of drug-likeness (QED) is 0.911. The van der Waals surface area contributed by atoms with Crippen LogP contribution in [0.3, 0.4) is 0 Å². The molecule has 0 bridgehead atoms. The molecule has 1 aromatic heterocycles. The van der Waals surface area contributed by atoms with Gasteiger partial charge in [-0.2, -0.15) is 10.2 Å². The van der Waals surface area contributed by atoms with Crippen molar-refractivity contribution in [3.63, 3.8) is 0 Å². The van der Waals surface area contributed by atoms with Gasteiger partial charge in [0.2, 0.25) is 11.7 Å². The minimum Gasteiger partial charge on any atom is -0.392 e. The molecule has 0 radical (unpaired) electrons. The van der Waals surface area contributed by atoms with E-state index >= 15 is 0 Å². The van der Waals surface area contributed by atoms with E-state index < -0.39 is 17.7 Å². The van der Waals surface area contributed by atoms with E-state index in [1.54, 1.807) is 6.07 Å². The molecule has 0 aliphatic rings. The third kappa shape index (κ3) is 3.33. The number of aliphatic hydroxyl groups excluding tert-OH is 1. The first kappa shape index (κ1) is 13.1. The first-order valence-corrected chi connectivity index (χ1v) is 5.42. The maximum Gasteiger partial charge on any atom is 0.229 e. The van der Waals surface area contributed by atoms with Gasteiger partial charge in [-0.1, -0.05) is 5.16 Å². The zero-order valence-corrected chi connectivity index (χ0v) is 9.68. The molecule has 5 nitrogen and oxygen atoms in total. The van der Waals surface area contributed by atoms with Crippen LogP contribution in [0, 0.1) is 23.0 Å². The Labute approximate surface area is 107 Å². The standard InChI is InChI=1S/C12H9F2N3O2/c13-8-3-7(4-9(14)5-8)12-16-11(19-17-12)6-10(18)1-2-15/h3-5,10,18H,1,6H2. The van der Waals surface area contributed by atoms with Crippen LogP contribution in [-0.2, 0) is 6.42 Å². The normalized spacial score (nSPS) is 12.1. The van der Waals surface area contributed by atoms with Crippen molar-refractivity contribution in [1.82, 2.24) is 10.1 Å². The first-order valence-electron chi connectivity index (χ1n) is 5.42. The monoisotopic (exact) mass is 265 g/mol. The van der Waals surface area contributed by atoms with Crippen molar-refractivity contribution in [2.75, 3.05) is 0 Å². The molecule has 7 heteroatoms. The number of nitriles is 1. The fourth-order valence-electron chi connectivity index (χ4n) is 1.52. The lowest BCUT2D eigenvalue weighted by Crippen LogP contribution is -2.09. The number of rotatable bonds is 4. The highest BCUT2D eigenvalue weighted by molar-refractivity contribution is 5.54. The van der Waals surface area contributed by atoms with Crippen LogP contribution < -0.4 is 0 Å². The highest BCUT2D eigenvalue weighted by Crippen LogP contribution is 2.19. The average molecular weight is 265 g/mol. The van der Waals surface area contributed by atoms with Crippen molar-refractivity contribution in [2.24, 2.45) is 0 Å². The Morgan fingerprint density at radius 2 is 2.00 bits per heavy atom. The van der Waals surface area contributed by atoms with Gasteiger partial charge >= 0.3 is 0 Å². The minimum absolute atomic E-state index is 0.0123. The minimum atomic E-state index is -0.914. The van der Waals surface area contributed by atoms with E-state index in [0.717, 1.165) is 18.2 Å². The summed E-state index contributed by atoms with van der Waals surface area (Å²) in [5.41, 5.74) is 0.141. The number of hydrogen-bond acceptors (Lipinski definition) is 5. The third-order valence-electron chi connectivity index (χ3n) is 2.33. The Morgan fingerprint density at radius 1 is 1.32 bits per heavy atom. The van der Waals surface area contributed by atoms with Gasteiger partial charge in [0.05, 0.1) is 25.0 Å². The Morgan fingerprint density at radius 3 is 2.63 bits per heavy atom. The molecule has 0 amide bonds. The molecule has 0 fully saturated rings. The van der Waals surface area contributed by atoms with Crippen molar-refractivity contribution >= 4 is 0 Å². The smallest absolute Gasteiger partial charge is 0.229 e. The lowest BCUT2D eigenvalue weighted by atomic mass is 10.2. The van der Waals surface area contributed by atoms with Gasteiger partial charge in [0.15, 0.2) is 0 Å². The number of nitrogens with zero attached hydrogens (tertiary/aromatic N) is 3. The van der Waals surface area contributed by atoms with Crippen LogP contribution in [0.4, 0.5) is 8.78 Å². The summed E-state index contributed by atoms with van der Waals surface area (Å²) in [6.07, 6.45) is -0.965. The van der Waals surface area contributed by atoms with Crippen LogP contribution in [-0.4, -0.2) is 21.4 Å². The number of benzene rings is 1. The molecule has 2 aromatic rings. The van der Waals surface area contributed by atoms with E-state index in [0.29, 0.717) is 0 Å². The maximum absolute atomic E-state index is 13.0. The van der Waals surface area contributed by atoms with Gasteiger partial charge < -0.3 is 9.63 Å². The largest absolute Gasteiger partial charge is 0.392 e. The number of halogens is 2. The highest BCUT2D eigenvalue weighted by atomic mass is 19.1. The molecule has 19 heavy (non-hydrogen) atoms. The topological polar surface area (TPSA) is 82.9 Å². The molecule has 1 aromatic carbocycles. The second-order valence-electron chi connectivity index (χ2n) is 3.89. The SMILES string of the molecule is N#CCC(O)Cc1nc(-c2cc(F)cc(F)c2)no1. The van der Waals surface area contributed by atoms with Crippen LogP contribution >= 0.6 is 0 Å². The Hall–Kier alpha value is -2.33. The summed E-state index contributed by atoms with van der Waals surface area (Å²) in [5.74, 6) is -1.36. The van der Waals surface area contributed by atoms with E-state index in [-0.39, 0.29) is 30.1 Å². The van der Waals surface area contributed by atoms with Crippen LogP contribution in [0.1, 0.15) is 12.3 Å². The van der Waals surface area contributed by atoms with Crippen molar-refractivity contribution in [3.05, 3.63) is 35.7 Å². The molecule has 2 rings (SSSR count). The van der Waals surface area contributed by atoms with Crippen LogP contribution in [0.15, 0.2) is 22.7 Å². The molecule has 0 aliphatic heterocycles. The molecule has 1 N–H and O–H groups in total. The van der Waals surface area contributed by atoms with Crippen molar-refractivity contribution < 1.29 is 18.4 Å². The van der Waals surface area contributed by atoms with E-state index in [1.165, 1.54) is 0 Å². The summed E-state index contributed by atoms with van der Waals surface area (Å²) in [7, 11) is 0. The van der Waals surface area contributed by atoms with Crippen molar-refractivity contribution in [3.8, 4) is 17.5 Å². The van der Waals surface area contributed by atoms with Crippen LogP contribution in [0.2, 0.25) is 0 Å². The summed E-state index contributed by atoms with van der Waals surface area (Å²) in [6.45, 7) is 0. The second-order valence-corrected chi connectivity index (χ2v) is 3.89.